The molecule has 1 saturated heterocycles. The van der Waals surface area contributed by atoms with Crippen LogP contribution in [0.5, 0.6) is 5.75 Å². The fourth-order valence-electron chi connectivity index (χ4n) is 3.80. The molecular formula is C22H31N5O6S. The van der Waals surface area contributed by atoms with E-state index in [2.05, 4.69) is 10.5 Å². The van der Waals surface area contributed by atoms with E-state index < -0.39 is 10.0 Å². The average Bonchev–Trinajstić information content (AvgIpc) is 3.17. The van der Waals surface area contributed by atoms with Crippen molar-refractivity contribution < 1.29 is 27.3 Å². The van der Waals surface area contributed by atoms with E-state index in [9.17, 15) is 18.0 Å². The van der Waals surface area contributed by atoms with E-state index in [0.29, 0.717) is 23.7 Å². The van der Waals surface area contributed by atoms with Gasteiger partial charge in [0.15, 0.2) is 5.76 Å². The highest BCUT2D eigenvalue weighted by Crippen LogP contribution is 2.24. The van der Waals surface area contributed by atoms with Gasteiger partial charge in [0, 0.05) is 31.9 Å². The summed E-state index contributed by atoms with van der Waals surface area (Å²) in [6.07, 6.45) is 0. The van der Waals surface area contributed by atoms with Gasteiger partial charge in [-0.15, -0.1) is 0 Å². The molecule has 0 atom stereocenters. The van der Waals surface area contributed by atoms with Crippen LogP contribution in [0.25, 0.3) is 0 Å². The third kappa shape index (κ3) is 5.93. The summed E-state index contributed by atoms with van der Waals surface area (Å²) in [5.74, 6) is 0.574. The number of ether oxygens (including phenoxy) is 1. The Kier molecular flexibility index (Phi) is 8.28. The van der Waals surface area contributed by atoms with Crippen LogP contribution in [-0.2, 0) is 19.6 Å². The zero-order valence-corrected chi connectivity index (χ0v) is 20.7. The number of aromatic nitrogens is 1. The highest BCUT2D eigenvalue weighted by molar-refractivity contribution is 7.89. The first-order valence-corrected chi connectivity index (χ1v) is 12.5. The molecule has 0 bridgehead atoms. The van der Waals surface area contributed by atoms with Crippen LogP contribution >= 0.6 is 0 Å². The Morgan fingerprint density at radius 1 is 1.12 bits per heavy atom. The second-order valence-electron chi connectivity index (χ2n) is 8.02. The number of amides is 2. The van der Waals surface area contributed by atoms with Crippen molar-refractivity contribution in [3.63, 3.8) is 0 Å². The molecule has 1 aromatic carbocycles. The molecule has 1 aliphatic heterocycles. The lowest BCUT2D eigenvalue weighted by molar-refractivity contribution is -0.133. The Morgan fingerprint density at radius 3 is 2.29 bits per heavy atom. The van der Waals surface area contributed by atoms with Crippen molar-refractivity contribution in [3.05, 3.63) is 35.7 Å². The first-order valence-electron chi connectivity index (χ1n) is 11.0. The summed E-state index contributed by atoms with van der Waals surface area (Å²) >= 11 is 0. The fourth-order valence-corrected chi connectivity index (χ4v) is 5.51. The minimum Gasteiger partial charge on any atom is -0.497 e. The maximum atomic E-state index is 13.0. The minimum atomic E-state index is -3.74. The number of nitrogens with zero attached hydrogens (tertiary/aromatic N) is 4. The number of carbonyl (C=O) groups excluding carboxylic acids is 2. The van der Waals surface area contributed by atoms with Crippen molar-refractivity contribution in [1.29, 1.82) is 0 Å². The molecule has 11 nitrogen and oxygen atoms in total. The summed E-state index contributed by atoms with van der Waals surface area (Å²) in [7, 11) is -2.17. The standard InChI is InChI=1S/C22H31N5O6S/c1-5-25(14-20(28)23-18-6-8-19(32-4)9-7-18)15-21(29)26-10-12-27(13-11-26)34(30,31)22-16(2)24-33-17(22)3/h6-9H,5,10-15H2,1-4H3,(H,23,28). The Morgan fingerprint density at radius 2 is 1.76 bits per heavy atom. The number of sulfonamides is 1. The first-order chi connectivity index (χ1) is 16.1. The molecule has 12 heteroatoms. The van der Waals surface area contributed by atoms with Gasteiger partial charge in [-0.3, -0.25) is 14.5 Å². The number of likely N-dealkylation sites (N-methyl/N-ethyl adjacent to an activating group) is 1. The van der Waals surface area contributed by atoms with Gasteiger partial charge in [-0.2, -0.15) is 4.31 Å². The average molecular weight is 494 g/mol. The van der Waals surface area contributed by atoms with Crippen LogP contribution in [0, 0.1) is 13.8 Å². The molecule has 0 saturated carbocycles. The van der Waals surface area contributed by atoms with E-state index in [0.717, 1.165) is 0 Å². The predicted octanol–water partition coefficient (Wildman–Crippen LogP) is 1.09. The molecule has 186 valence electrons. The van der Waals surface area contributed by atoms with Gasteiger partial charge >= 0.3 is 0 Å². The third-order valence-electron chi connectivity index (χ3n) is 5.70. The molecule has 1 N–H and O–H groups in total. The van der Waals surface area contributed by atoms with Gasteiger partial charge in [0.05, 0.1) is 20.2 Å². The molecular weight excluding hydrogens is 462 g/mol. The van der Waals surface area contributed by atoms with E-state index in [-0.39, 0.29) is 61.7 Å². The van der Waals surface area contributed by atoms with Crippen molar-refractivity contribution in [2.75, 3.05) is 58.2 Å². The van der Waals surface area contributed by atoms with Crippen LogP contribution < -0.4 is 10.1 Å². The Bertz CT molecular complexity index is 1090. The molecule has 1 fully saturated rings. The van der Waals surface area contributed by atoms with Gasteiger partial charge in [0.2, 0.25) is 21.8 Å². The second kappa shape index (κ2) is 11.0. The number of hydrogen-bond donors (Lipinski definition) is 1. The third-order valence-corrected chi connectivity index (χ3v) is 7.85. The van der Waals surface area contributed by atoms with E-state index >= 15 is 0 Å². The maximum Gasteiger partial charge on any atom is 0.248 e. The summed E-state index contributed by atoms with van der Waals surface area (Å²) in [5, 5.41) is 6.54. The summed E-state index contributed by atoms with van der Waals surface area (Å²) in [4.78, 5) is 28.7. The SMILES string of the molecule is CCN(CC(=O)Nc1ccc(OC)cc1)CC(=O)N1CCN(S(=O)(=O)c2c(C)noc2C)CC1. The summed E-state index contributed by atoms with van der Waals surface area (Å²) in [6.45, 7) is 6.60. The number of benzene rings is 1. The summed E-state index contributed by atoms with van der Waals surface area (Å²) < 4.78 is 37.4. The van der Waals surface area contributed by atoms with Gasteiger partial charge in [-0.1, -0.05) is 12.1 Å². The van der Waals surface area contributed by atoms with Gasteiger partial charge in [-0.25, -0.2) is 8.42 Å². The number of anilines is 1. The van der Waals surface area contributed by atoms with Gasteiger partial charge in [0.25, 0.3) is 0 Å². The number of nitrogens with one attached hydrogen (secondary N) is 1. The largest absolute Gasteiger partial charge is 0.497 e. The zero-order chi connectivity index (χ0) is 24.9. The van der Waals surface area contributed by atoms with Crippen LogP contribution in [0.4, 0.5) is 5.69 Å². The van der Waals surface area contributed by atoms with E-state index in [4.69, 9.17) is 9.26 Å². The maximum absolute atomic E-state index is 13.0. The summed E-state index contributed by atoms with van der Waals surface area (Å²) in [6, 6.07) is 6.99. The van der Waals surface area contributed by atoms with Crippen molar-refractivity contribution >= 4 is 27.5 Å². The molecule has 34 heavy (non-hydrogen) atoms. The van der Waals surface area contributed by atoms with E-state index in [1.807, 2.05) is 6.92 Å². The van der Waals surface area contributed by atoms with Crippen LogP contribution in [0.1, 0.15) is 18.4 Å². The molecule has 2 heterocycles. The van der Waals surface area contributed by atoms with Crippen molar-refractivity contribution in [2.45, 2.75) is 25.7 Å². The lowest BCUT2D eigenvalue weighted by Crippen LogP contribution is -2.53. The van der Waals surface area contributed by atoms with E-state index in [1.165, 1.54) is 4.31 Å². The molecule has 1 aliphatic rings. The smallest absolute Gasteiger partial charge is 0.248 e. The molecule has 0 spiro atoms. The van der Waals surface area contributed by atoms with Gasteiger partial charge in [0.1, 0.15) is 16.3 Å². The van der Waals surface area contributed by atoms with Crippen molar-refractivity contribution in [2.24, 2.45) is 0 Å². The molecule has 2 aromatic rings. The highest BCUT2D eigenvalue weighted by Gasteiger charge is 2.34. The topological polar surface area (TPSA) is 125 Å². The number of piperazine rings is 1. The number of carbonyl (C=O) groups is 2. The molecule has 0 aliphatic carbocycles. The van der Waals surface area contributed by atoms with Crippen LogP contribution in [-0.4, -0.2) is 92.4 Å². The lowest BCUT2D eigenvalue weighted by atomic mass is 10.3. The predicted molar refractivity (Wildman–Crippen MR) is 125 cm³/mol. The zero-order valence-electron chi connectivity index (χ0n) is 19.9. The Labute approximate surface area is 199 Å². The van der Waals surface area contributed by atoms with Crippen LogP contribution in [0.2, 0.25) is 0 Å². The normalized spacial score (nSPS) is 14.9. The fraction of sp³-hybridized carbons (Fsp3) is 0.500. The molecule has 1 aromatic heterocycles. The minimum absolute atomic E-state index is 0.0641. The molecule has 2 amide bonds. The monoisotopic (exact) mass is 493 g/mol. The van der Waals surface area contributed by atoms with Gasteiger partial charge < -0.3 is 19.5 Å². The van der Waals surface area contributed by atoms with E-state index in [1.54, 1.807) is 55.0 Å². The first kappa shape index (κ1) is 25.7. The second-order valence-corrected chi connectivity index (χ2v) is 9.89. The van der Waals surface area contributed by atoms with Gasteiger partial charge in [-0.05, 0) is 44.7 Å². The van der Waals surface area contributed by atoms with Crippen LogP contribution in [0.3, 0.4) is 0 Å². The lowest BCUT2D eigenvalue weighted by Gasteiger charge is -2.35. The number of rotatable bonds is 9. The Hall–Kier alpha value is -2.96. The number of aryl methyl sites for hydroxylation is 2. The van der Waals surface area contributed by atoms with Crippen molar-refractivity contribution in [3.8, 4) is 5.75 Å². The Balaban J connectivity index is 1.51. The van der Waals surface area contributed by atoms with Crippen molar-refractivity contribution in [1.82, 2.24) is 19.3 Å². The molecule has 3 rings (SSSR count). The molecule has 0 unspecified atom stereocenters. The highest BCUT2D eigenvalue weighted by atomic mass is 32.2. The number of methoxy groups -OCH3 is 1. The van der Waals surface area contributed by atoms with Crippen LogP contribution in [0.15, 0.2) is 33.7 Å². The molecule has 0 radical (unpaired) electrons. The quantitative estimate of drug-likeness (QED) is 0.550. The number of hydrogen-bond acceptors (Lipinski definition) is 8. The summed E-state index contributed by atoms with van der Waals surface area (Å²) in [5.41, 5.74) is 0.964.